The highest BCUT2D eigenvalue weighted by Crippen LogP contribution is 2.38. The SMILES string of the molecule is CO[C@@H](C#C[Si](C)(C)C(C)(C)C)[C@H]1OC(C)(C)O[C@@H]([C@@H](C)CS(=O)(=O)c2ccccc2)[C@H]1C. The van der Waals surface area contributed by atoms with Crippen molar-refractivity contribution in [1.29, 1.82) is 0 Å². The first-order chi connectivity index (χ1) is 15.0. The van der Waals surface area contributed by atoms with E-state index < -0.39 is 29.8 Å². The quantitative estimate of drug-likeness (QED) is 0.396. The van der Waals surface area contributed by atoms with E-state index >= 15 is 0 Å². The van der Waals surface area contributed by atoms with Gasteiger partial charge >= 0.3 is 0 Å². The summed E-state index contributed by atoms with van der Waals surface area (Å²) in [5, 5.41) is 0.141. The van der Waals surface area contributed by atoms with Crippen molar-refractivity contribution in [3.05, 3.63) is 30.3 Å². The summed E-state index contributed by atoms with van der Waals surface area (Å²) in [4.78, 5) is 0.336. The van der Waals surface area contributed by atoms with Gasteiger partial charge in [0.05, 0.1) is 16.8 Å². The van der Waals surface area contributed by atoms with Gasteiger partial charge in [-0.25, -0.2) is 8.42 Å². The molecule has 5 atom stereocenters. The van der Waals surface area contributed by atoms with Crippen molar-refractivity contribution < 1.29 is 22.6 Å². The number of sulfone groups is 1. The molecule has 0 N–H and O–H groups in total. The lowest BCUT2D eigenvalue weighted by molar-refractivity contribution is -0.335. The van der Waals surface area contributed by atoms with E-state index in [2.05, 4.69) is 45.3 Å². The molecular formula is C26H42O5SSi. The predicted octanol–water partition coefficient (Wildman–Crippen LogP) is 5.32. The van der Waals surface area contributed by atoms with Crippen molar-refractivity contribution in [1.82, 2.24) is 0 Å². The molecule has 1 heterocycles. The Morgan fingerprint density at radius 3 is 2.18 bits per heavy atom. The molecule has 0 aromatic heterocycles. The van der Waals surface area contributed by atoms with Crippen LogP contribution in [-0.2, 0) is 24.0 Å². The van der Waals surface area contributed by atoms with Gasteiger partial charge in [0.25, 0.3) is 0 Å². The highest BCUT2D eigenvalue weighted by Gasteiger charge is 2.47. The number of rotatable bonds is 6. The second-order valence-corrected chi connectivity index (χ2v) is 18.3. The summed E-state index contributed by atoms with van der Waals surface area (Å²) in [6.45, 7) is 18.9. The van der Waals surface area contributed by atoms with Crippen molar-refractivity contribution in [2.75, 3.05) is 12.9 Å². The third-order valence-corrected chi connectivity index (χ3v) is 13.5. The van der Waals surface area contributed by atoms with Crippen LogP contribution in [0.2, 0.25) is 18.1 Å². The minimum atomic E-state index is -3.43. The van der Waals surface area contributed by atoms with Gasteiger partial charge in [-0.1, -0.05) is 71.8 Å². The van der Waals surface area contributed by atoms with Crippen LogP contribution in [0.25, 0.3) is 0 Å². The zero-order chi connectivity index (χ0) is 25.2. The fraction of sp³-hybridized carbons (Fsp3) is 0.692. The van der Waals surface area contributed by atoms with Gasteiger partial charge in [0, 0.05) is 13.0 Å². The van der Waals surface area contributed by atoms with Gasteiger partial charge in [-0.15, -0.1) is 5.54 Å². The Hall–Kier alpha value is -1.17. The molecule has 0 saturated carbocycles. The monoisotopic (exact) mass is 494 g/mol. The molecule has 2 rings (SSSR count). The van der Waals surface area contributed by atoms with Crippen LogP contribution in [0.15, 0.2) is 35.2 Å². The highest BCUT2D eigenvalue weighted by molar-refractivity contribution is 7.91. The molecule has 1 aromatic rings. The van der Waals surface area contributed by atoms with Crippen molar-refractivity contribution in [3.63, 3.8) is 0 Å². The molecule has 1 aromatic carbocycles. The Balaban J connectivity index is 2.30. The average molecular weight is 495 g/mol. The molecule has 0 amide bonds. The number of methoxy groups -OCH3 is 1. The van der Waals surface area contributed by atoms with E-state index in [-0.39, 0.29) is 34.8 Å². The molecule has 0 bridgehead atoms. The Bertz CT molecular complexity index is 954. The van der Waals surface area contributed by atoms with Gasteiger partial charge in [-0.3, -0.25) is 0 Å². The summed E-state index contributed by atoms with van der Waals surface area (Å²) < 4.78 is 44.4. The number of ether oxygens (including phenoxy) is 3. The standard InChI is InChI=1S/C26H42O5SSi/c1-19(18-32(27,28)21-14-12-11-13-15-21)23-20(2)24(31-26(6,7)30-23)22(29-8)16-17-33(9,10)25(3,4)5/h11-15,19-20,22-24H,18H2,1-10H3/t19-,20+,22-,23-,24-/m0/s1. The van der Waals surface area contributed by atoms with Crippen LogP contribution >= 0.6 is 0 Å². The molecule has 0 unspecified atom stereocenters. The molecule has 0 radical (unpaired) electrons. The lowest BCUT2D eigenvalue weighted by atomic mass is 9.86. The first-order valence-corrected chi connectivity index (χ1v) is 16.3. The maximum absolute atomic E-state index is 13.0. The van der Waals surface area contributed by atoms with E-state index in [1.54, 1.807) is 31.4 Å². The zero-order valence-electron chi connectivity index (χ0n) is 21.9. The normalized spacial score (nSPS) is 25.6. The third kappa shape index (κ3) is 6.92. The van der Waals surface area contributed by atoms with E-state index in [0.29, 0.717) is 4.90 Å². The Labute approximate surface area is 202 Å². The fourth-order valence-corrected chi connectivity index (χ4v) is 6.46. The fourth-order valence-electron chi connectivity index (χ4n) is 3.94. The summed E-state index contributed by atoms with van der Waals surface area (Å²) in [5.41, 5.74) is 3.55. The third-order valence-electron chi connectivity index (χ3n) is 6.98. The molecule has 7 heteroatoms. The predicted molar refractivity (Wildman–Crippen MR) is 136 cm³/mol. The summed E-state index contributed by atoms with van der Waals surface area (Å²) in [5.74, 6) is 2.17. The second kappa shape index (κ2) is 10.2. The lowest BCUT2D eigenvalue weighted by Gasteiger charge is -2.48. The topological polar surface area (TPSA) is 61.8 Å². The average Bonchev–Trinajstić information content (AvgIpc) is 2.69. The van der Waals surface area contributed by atoms with Gasteiger partial charge in [-0.05, 0) is 36.9 Å². The zero-order valence-corrected chi connectivity index (χ0v) is 23.7. The molecule has 0 spiro atoms. The van der Waals surface area contributed by atoms with Crippen LogP contribution in [-0.4, -0.2) is 53.5 Å². The Morgan fingerprint density at radius 2 is 1.67 bits per heavy atom. The minimum absolute atomic E-state index is 0.00210. The van der Waals surface area contributed by atoms with Crippen LogP contribution in [0.4, 0.5) is 0 Å². The lowest BCUT2D eigenvalue weighted by Crippen LogP contribution is -2.56. The van der Waals surface area contributed by atoms with Crippen LogP contribution in [0.3, 0.4) is 0 Å². The van der Waals surface area contributed by atoms with Crippen LogP contribution < -0.4 is 0 Å². The number of hydrogen-bond acceptors (Lipinski definition) is 5. The molecule has 1 fully saturated rings. The van der Waals surface area contributed by atoms with Gasteiger partial charge in [0.2, 0.25) is 0 Å². The maximum atomic E-state index is 13.0. The smallest absolute Gasteiger partial charge is 0.178 e. The summed E-state index contributed by atoms with van der Waals surface area (Å²) in [6.07, 6.45) is -1.06. The van der Waals surface area contributed by atoms with E-state index in [1.807, 2.05) is 33.8 Å². The Kier molecular flexibility index (Phi) is 8.68. The van der Waals surface area contributed by atoms with Gasteiger partial charge in [0.15, 0.2) is 15.6 Å². The minimum Gasteiger partial charge on any atom is -0.366 e. The van der Waals surface area contributed by atoms with Crippen LogP contribution in [0.5, 0.6) is 0 Å². The van der Waals surface area contributed by atoms with Crippen LogP contribution in [0.1, 0.15) is 48.5 Å². The maximum Gasteiger partial charge on any atom is 0.178 e. The molecule has 1 saturated heterocycles. The number of benzene rings is 1. The van der Waals surface area contributed by atoms with Gasteiger partial charge in [-0.2, -0.15) is 0 Å². The Morgan fingerprint density at radius 1 is 1.12 bits per heavy atom. The van der Waals surface area contributed by atoms with E-state index in [0.717, 1.165) is 0 Å². The first kappa shape index (κ1) is 28.1. The van der Waals surface area contributed by atoms with Crippen molar-refractivity contribution >= 4 is 17.9 Å². The summed E-state index contributed by atoms with van der Waals surface area (Å²) in [7, 11) is -3.60. The molecule has 0 aliphatic carbocycles. The van der Waals surface area contributed by atoms with Crippen molar-refractivity contribution in [2.45, 2.75) is 95.6 Å². The first-order valence-electron chi connectivity index (χ1n) is 11.7. The number of hydrogen-bond donors (Lipinski definition) is 0. The molecule has 5 nitrogen and oxygen atoms in total. The molecule has 33 heavy (non-hydrogen) atoms. The molecular weight excluding hydrogens is 452 g/mol. The molecule has 1 aliphatic rings. The second-order valence-electron chi connectivity index (χ2n) is 11.3. The molecule has 186 valence electrons. The van der Waals surface area contributed by atoms with Crippen molar-refractivity contribution in [2.24, 2.45) is 11.8 Å². The largest absolute Gasteiger partial charge is 0.366 e. The van der Waals surface area contributed by atoms with E-state index in [9.17, 15) is 8.42 Å². The van der Waals surface area contributed by atoms with Gasteiger partial charge < -0.3 is 14.2 Å². The van der Waals surface area contributed by atoms with Crippen LogP contribution in [0, 0.1) is 23.3 Å². The van der Waals surface area contributed by atoms with Crippen molar-refractivity contribution in [3.8, 4) is 11.5 Å². The molecule has 1 aliphatic heterocycles. The van der Waals surface area contributed by atoms with E-state index in [1.165, 1.54) is 0 Å². The highest BCUT2D eigenvalue weighted by atomic mass is 32.2. The summed E-state index contributed by atoms with van der Waals surface area (Å²) in [6, 6.07) is 8.58. The summed E-state index contributed by atoms with van der Waals surface area (Å²) >= 11 is 0. The van der Waals surface area contributed by atoms with E-state index in [4.69, 9.17) is 14.2 Å². The van der Waals surface area contributed by atoms with Gasteiger partial charge in [0.1, 0.15) is 20.3 Å².